The van der Waals surface area contributed by atoms with E-state index < -0.39 is 0 Å². The quantitative estimate of drug-likeness (QED) is 0.504. The molecule has 2 saturated carbocycles. The fraction of sp³-hybridized carbons (Fsp3) is 1.00. The summed E-state index contributed by atoms with van der Waals surface area (Å²) in [7, 11) is 0. The van der Waals surface area contributed by atoms with Crippen LogP contribution < -0.4 is 0 Å². The Bertz CT molecular complexity index is 140. The van der Waals surface area contributed by atoms with Crippen molar-refractivity contribution in [2.45, 2.75) is 77.0 Å². The third-order valence-corrected chi connectivity index (χ3v) is 4.15. The monoisotopic (exact) mass is 194 g/mol. The normalized spacial score (nSPS) is 23.1. The summed E-state index contributed by atoms with van der Waals surface area (Å²) in [5.74, 6) is 2.28. The van der Waals surface area contributed by atoms with E-state index in [4.69, 9.17) is 0 Å². The summed E-state index contributed by atoms with van der Waals surface area (Å²) in [6, 6.07) is 0. The second kappa shape index (κ2) is 5.78. The van der Waals surface area contributed by atoms with Crippen molar-refractivity contribution in [1.82, 2.24) is 0 Å². The van der Waals surface area contributed by atoms with Gasteiger partial charge in [-0.05, 0) is 11.8 Å². The second-order valence-electron chi connectivity index (χ2n) is 5.59. The van der Waals surface area contributed by atoms with Crippen molar-refractivity contribution in [1.29, 1.82) is 0 Å². The molecule has 82 valence electrons. The fourth-order valence-electron chi connectivity index (χ4n) is 2.93. The van der Waals surface area contributed by atoms with Crippen LogP contribution in [0.25, 0.3) is 0 Å². The van der Waals surface area contributed by atoms with Crippen molar-refractivity contribution in [3.05, 3.63) is 0 Å². The first-order chi connectivity index (χ1) is 6.95. The predicted octanol–water partition coefficient (Wildman–Crippen LogP) is 4.93. The van der Waals surface area contributed by atoms with Crippen LogP contribution in [0.3, 0.4) is 0 Å². The molecular weight excluding hydrogens is 168 g/mol. The summed E-state index contributed by atoms with van der Waals surface area (Å²) >= 11 is 0. The lowest BCUT2D eigenvalue weighted by Crippen LogP contribution is -1.92. The van der Waals surface area contributed by atoms with Crippen molar-refractivity contribution in [2.24, 2.45) is 11.8 Å². The number of unbranched alkanes of at least 4 members (excludes halogenated alkanes) is 3. The van der Waals surface area contributed by atoms with E-state index in [1.165, 1.54) is 38.5 Å². The smallest absolute Gasteiger partial charge is 0.0414 e. The fourth-order valence-corrected chi connectivity index (χ4v) is 2.93. The van der Waals surface area contributed by atoms with Crippen molar-refractivity contribution >= 4 is 0 Å². The van der Waals surface area contributed by atoms with Crippen molar-refractivity contribution in [3.63, 3.8) is 0 Å². The third kappa shape index (κ3) is 4.02. The summed E-state index contributed by atoms with van der Waals surface area (Å²) in [5.41, 5.74) is 0. The van der Waals surface area contributed by atoms with E-state index in [0.717, 1.165) is 11.8 Å². The van der Waals surface area contributed by atoms with E-state index in [1.54, 1.807) is 38.5 Å². The summed E-state index contributed by atoms with van der Waals surface area (Å²) in [6.07, 6.45) is 18.4. The molecule has 0 radical (unpaired) electrons. The van der Waals surface area contributed by atoms with Crippen LogP contribution in [-0.4, -0.2) is 0 Å². The molecule has 2 aliphatic rings. The van der Waals surface area contributed by atoms with E-state index in [-0.39, 0.29) is 0 Å². The van der Waals surface area contributed by atoms with Crippen molar-refractivity contribution < 1.29 is 0 Å². The lowest BCUT2D eigenvalue weighted by atomic mass is 9.99. The number of hydrogen-bond acceptors (Lipinski definition) is 0. The molecule has 0 amide bonds. The molecule has 14 heavy (non-hydrogen) atoms. The van der Waals surface area contributed by atoms with Crippen LogP contribution in [0.5, 0.6) is 0 Å². The molecule has 0 aromatic carbocycles. The van der Waals surface area contributed by atoms with Crippen LogP contribution in [0, 0.1) is 11.8 Å². The third-order valence-electron chi connectivity index (χ3n) is 4.15. The predicted molar refractivity (Wildman–Crippen MR) is 62.4 cm³/mol. The lowest BCUT2D eigenvalue weighted by Gasteiger charge is -2.07. The zero-order valence-electron chi connectivity index (χ0n) is 9.64. The Morgan fingerprint density at radius 1 is 0.571 bits per heavy atom. The molecule has 2 rings (SSSR count). The Morgan fingerprint density at radius 2 is 1.07 bits per heavy atom. The molecule has 0 nitrogen and oxygen atoms in total. The lowest BCUT2D eigenvalue weighted by molar-refractivity contribution is 0.460. The zero-order valence-corrected chi connectivity index (χ0v) is 9.64. The van der Waals surface area contributed by atoms with E-state index in [2.05, 4.69) is 0 Å². The molecule has 0 bridgehead atoms. The van der Waals surface area contributed by atoms with E-state index >= 15 is 0 Å². The maximum Gasteiger partial charge on any atom is -0.0414 e. The Balaban J connectivity index is 1.35. The molecule has 0 aromatic heterocycles. The summed E-state index contributed by atoms with van der Waals surface area (Å²) in [5, 5.41) is 0. The minimum absolute atomic E-state index is 1.12. The molecule has 0 aromatic rings. The van der Waals surface area contributed by atoms with Gasteiger partial charge in [-0.2, -0.15) is 0 Å². The SMILES string of the molecule is C(CCCC1CC1)CCC1CCCC1. The Morgan fingerprint density at radius 3 is 1.57 bits per heavy atom. The first-order valence-electron chi connectivity index (χ1n) is 6.95. The van der Waals surface area contributed by atoms with Crippen molar-refractivity contribution in [3.8, 4) is 0 Å². The van der Waals surface area contributed by atoms with Gasteiger partial charge in [0.15, 0.2) is 0 Å². The van der Waals surface area contributed by atoms with Gasteiger partial charge in [0.1, 0.15) is 0 Å². The zero-order chi connectivity index (χ0) is 9.64. The average molecular weight is 194 g/mol. The molecule has 0 N–H and O–H groups in total. The molecule has 2 aliphatic carbocycles. The van der Waals surface area contributed by atoms with Gasteiger partial charge in [0.2, 0.25) is 0 Å². The minimum atomic E-state index is 1.12. The first-order valence-corrected chi connectivity index (χ1v) is 6.95. The van der Waals surface area contributed by atoms with Crippen molar-refractivity contribution in [2.75, 3.05) is 0 Å². The maximum absolute atomic E-state index is 1.55. The second-order valence-corrected chi connectivity index (χ2v) is 5.59. The van der Waals surface area contributed by atoms with E-state index in [0.29, 0.717) is 0 Å². The van der Waals surface area contributed by atoms with Gasteiger partial charge in [-0.15, -0.1) is 0 Å². The van der Waals surface area contributed by atoms with Gasteiger partial charge < -0.3 is 0 Å². The van der Waals surface area contributed by atoms with Crippen LogP contribution in [0.1, 0.15) is 77.0 Å². The summed E-state index contributed by atoms with van der Waals surface area (Å²) in [6.45, 7) is 0. The topological polar surface area (TPSA) is 0 Å². The Hall–Kier alpha value is 0. The van der Waals surface area contributed by atoms with Crippen LogP contribution >= 0.6 is 0 Å². The minimum Gasteiger partial charge on any atom is -0.0533 e. The Kier molecular flexibility index (Phi) is 4.34. The molecule has 0 unspecified atom stereocenters. The molecule has 0 heterocycles. The van der Waals surface area contributed by atoms with Gasteiger partial charge in [-0.1, -0.05) is 77.0 Å². The van der Waals surface area contributed by atoms with Gasteiger partial charge >= 0.3 is 0 Å². The van der Waals surface area contributed by atoms with E-state index in [9.17, 15) is 0 Å². The van der Waals surface area contributed by atoms with Crippen LogP contribution in [-0.2, 0) is 0 Å². The highest BCUT2D eigenvalue weighted by molar-refractivity contribution is 4.72. The van der Waals surface area contributed by atoms with Gasteiger partial charge in [-0.3, -0.25) is 0 Å². The summed E-state index contributed by atoms with van der Waals surface area (Å²) < 4.78 is 0. The molecular formula is C14H26. The van der Waals surface area contributed by atoms with Gasteiger partial charge in [0.05, 0.1) is 0 Å². The van der Waals surface area contributed by atoms with Crippen LogP contribution in [0.2, 0.25) is 0 Å². The maximum atomic E-state index is 1.55. The molecule has 2 fully saturated rings. The van der Waals surface area contributed by atoms with Crippen LogP contribution in [0.4, 0.5) is 0 Å². The highest BCUT2D eigenvalue weighted by Crippen LogP contribution is 2.34. The average Bonchev–Trinajstić information content (AvgIpc) is 2.87. The van der Waals surface area contributed by atoms with Gasteiger partial charge in [0, 0.05) is 0 Å². The number of hydrogen-bond donors (Lipinski definition) is 0. The first kappa shape index (κ1) is 10.5. The highest BCUT2D eigenvalue weighted by Gasteiger charge is 2.19. The van der Waals surface area contributed by atoms with Crippen LogP contribution in [0.15, 0.2) is 0 Å². The number of rotatable bonds is 7. The molecule has 0 atom stereocenters. The highest BCUT2D eigenvalue weighted by atomic mass is 14.3. The molecule has 0 spiro atoms. The largest absolute Gasteiger partial charge is 0.0533 e. The molecule has 0 heteroatoms. The van der Waals surface area contributed by atoms with Gasteiger partial charge in [0.25, 0.3) is 0 Å². The standard InChI is InChI=1S/C14H26/c1(2-4-8-14-11-12-14)3-7-13-9-5-6-10-13/h13-14H,1-12H2. The molecule has 0 aliphatic heterocycles. The molecule has 0 saturated heterocycles. The van der Waals surface area contributed by atoms with E-state index in [1.807, 2.05) is 0 Å². The summed E-state index contributed by atoms with van der Waals surface area (Å²) in [4.78, 5) is 0. The Labute approximate surface area is 89.5 Å². The van der Waals surface area contributed by atoms with Gasteiger partial charge in [-0.25, -0.2) is 0 Å².